The number of aliphatic imine (C=N–C) groups is 2. The molecule has 1 unspecified atom stereocenters. The Hall–Kier alpha value is -6.30. The molecule has 2 aromatic heterocycles. The molecule has 0 saturated heterocycles. The van der Waals surface area contributed by atoms with E-state index in [9.17, 15) is 0 Å². The molecule has 0 aliphatic carbocycles. The summed E-state index contributed by atoms with van der Waals surface area (Å²) in [5, 5.41) is 8.71. The Morgan fingerprint density at radius 1 is 0.480 bits per heavy atom. The van der Waals surface area contributed by atoms with Crippen LogP contribution in [0.25, 0.3) is 58.8 Å². The second kappa shape index (κ2) is 11.7. The largest absolute Gasteiger partial charge is 0.344 e. The number of benzene rings is 7. The topological polar surface area (TPSA) is 41.7 Å². The van der Waals surface area contributed by atoms with Gasteiger partial charge in [-0.05, 0) is 59.2 Å². The zero-order valence-electron chi connectivity index (χ0n) is 27.0. The Labute approximate surface area is 293 Å². The third-order valence-electron chi connectivity index (χ3n) is 9.65. The molecule has 0 spiro atoms. The van der Waals surface area contributed by atoms with Crippen molar-refractivity contribution in [3.8, 4) is 16.8 Å². The van der Waals surface area contributed by atoms with Crippen LogP contribution in [0.4, 0.5) is 0 Å². The molecule has 0 radical (unpaired) electrons. The SMILES string of the molecule is c1ccc(C2N=C(c3ccc4c(c3)sc3ccccc34)N=C(c3cccc(-c4ccc5c6ccccc6n(-c6ccccc6)c5c4)c3)N2)cc1. The van der Waals surface area contributed by atoms with Gasteiger partial charge in [-0.1, -0.05) is 127 Å². The molecular formula is C45H30N4S. The summed E-state index contributed by atoms with van der Waals surface area (Å²) in [7, 11) is 0. The molecule has 236 valence electrons. The molecule has 50 heavy (non-hydrogen) atoms. The van der Waals surface area contributed by atoms with Crippen LogP contribution in [0.15, 0.2) is 180 Å². The van der Waals surface area contributed by atoms with Crippen LogP contribution in [-0.2, 0) is 0 Å². The molecule has 0 fully saturated rings. The second-order valence-electron chi connectivity index (χ2n) is 12.7. The summed E-state index contributed by atoms with van der Waals surface area (Å²) in [6, 6.07) is 60.4. The van der Waals surface area contributed by atoms with E-state index < -0.39 is 0 Å². The van der Waals surface area contributed by atoms with Gasteiger partial charge in [-0.3, -0.25) is 0 Å². The van der Waals surface area contributed by atoms with Crippen molar-refractivity contribution < 1.29 is 0 Å². The lowest BCUT2D eigenvalue weighted by atomic mass is 10.0. The van der Waals surface area contributed by atoms with E-state index in [1.54, 1.807) is 0 Å². The summed E-state index contributed by atoms with van der Waals surface area (Å²) in [6.07, 6.45) is -0.265. The van der Waals surface area contributed by atoms with Gasteiger partial charge in [0.05, 0.1) is 11.0 Å². The average molecular weight is 659 g/mol. The fourth-order valence-electron chi connectivity index (χ4n) is 7.25. The smallest absolute Gasteiger partial charge is 0.159 e. The van der Waals surface area contributed by atoms with Gasteiger partial charge in [-0.2, -0.15) is 0 Å². The average Bonchev–Trinajstić information content (AvgIpc) is 3.73. The molecule has 1 aliphatic heterocycles. The van der Waals surface area contributed by atoms with Crippen LogP contribution in [-0.4, -0.2) is 16.2 Å². The Balaban J connectivity index is 1.08. The van der Waals surface area contributed by atoms with Crippen molar-refractivity contribution in [2.45, 2.75) is 6.17 Å². The van der Waals surface area contributed by atoms with Crippen molar-refractivity contribution in [2.24, 2.45) is 9.98 Å². The summed E-state index contributed by atoms with van der Waals surface area (Å²) in [5.41, 5.74) is 8.94. The number of hydrogen-bond acceptors (Lipinski definition) is 4. The zero-order valence-corrected chi connectivity index (χ0v) is 27.8. The molecule has 3 heterocycles. The lowest BCUT2D eigenvalue weighted by Gasteiger charge is -2.24. The number of hydrogen-bond donors (Lipinski definition) is 1. The number of nitrogens with zero attached hydrogens (tertiary/aromatic N) is 3. The van der Waals surface area contributed by atoms with Crippen molar-refractivity contribution in [3.63, 3.8) is 0 Å². The number of aromatic nitrogens is 1. The van der Waals surface area contributed by atoms with E-state index in [0.717, 1.165) is 45.2 Å². The molecule has 0 bridgehead atoms. The zero-order chi connectivity index (χ0) is 33.0. The van der Waals surface area contributed by atoms with E-state index >= 15 is 0 Å². The number of amidine groups is 2. The highest BCUT2D eigenvalue weighted by molar-refractivity contribution is 7.25. The Bertz CT molecular complexity index is 2790. The monoisotopic (exact) mass is 658 g/mol. The van der Waals surface area contributed by atoms with Crippen LogP contribution in [0.1, 0.15) is 22.9 Å². The normalized spacial score (nSPS) is 14.6. The Morgan fingerprint density at radius 3 is 2.02 bits per heavy atom. The van der Waals surface area contributed by atoms with Crippen molar-refractivity contribution in [3.05, 3.63) is 187 Å². The maximum absolute atomic E-state index is 5.18. The minimum absolute atomic E-state index is 0.265. The van der Waals surface area contributed by atoms with E-state index in [0.29, 0.717) is 0 Å². The first-order valence-corrected chi connectivity index (χ1v) is 17.7. The Morgan fingerprint density at radius 2 is 1.14 bits per heavy atom. The van der Waals surface area contributed by atoms with Gasteiger partial charge < -0.3 is 9.88 Å². The van der Waals surface area contributed by atoms with Gasteiger partial charge in [-0.25, -0.2) is 9.98 Å². The fourth-order valence-corrected chi connectivity index (χ4v) is 8.39. The van der Waals surface area contributed by atoms with Crippen LogP contribution >= 0.6 is 11.3 Å². The van der Waals surface area contributed by atoms with E-state index in [2.05, 4.69) is 174 Å². The maximum atomic E-state index is 5.18. The second-order valence-corrected chi connectivity index (χ2v) is 13.8. The van der Waals surface area contributed by atoms with Crippen LogP contribution < -0.4 is 5.32 Å². The fraction of sp³-hybridized carbons (Fsp3) is 0.0222. The van der Waals surface area contributed by atoms with Gasteiger partial charge >= 0.3 is 0 Å². The Kier molecular flexibility index (Phi) is 6.71. The summed E-state index contributed by atoms with van der Waals surface area (Å²) in [5.74, 6) is 1.53. The van der Waals surface area contributed by atoms with E-state index in [-0.39, 0.29) is 6.17 Å². The molecule has 4 nitrogen and oxygen atoms in total. The number of thiophene rings is 1. The van der Waals surface area contributed by atoms with Crippen LogP contribution in [0.5, 0.6) is 0 Å². The molecule has 0 saturated carbocycles. The molecule has 1 N–H and O–H groups in total. The summed E-state index contributed by atoms with van der Waals surface area (Å²) >= 11 is 1.81. The highest BCUT2D eigenvalue weighted by atomic mass is 32.1. The number of para-hydroxylation sites is 2. The summed E-state index contributed by atoms with van der Waals surface area (Å²) in [6.45, 7) is 0. The van der Waals surface area contributed by atoms with Crippen LogP contribution in [0.3, 0.4) is 0 Å². The molecular weight excluding hydrogens is 629 g/mol. The molecule has 0 amide bonds. The molecule has 7 aromatic carbocycles. The standard InChI is InChI=1S/C45H30N4S/c1-3-12-29(13-4-1)43-46-44(48-45(47-43)33-23-25-38-37-19-8-10-21-41(37)50-42(38)28-33)32-15-11-14-30(26-32)31-22-24-36-35-18-7-9-20-39(35)49(40(36)27-31)34-16-5-2-6-17-34/h1-28,43H,(H,46,47,48). The van der Waals surface area contributed by atoms with E-state index in [1.165, 1.54) is 42.0 Å². The number of nitrogens with one attached hydrogen (secondary N) is 1. The highest BCUT2D eigenvalue weighted by Crippen LogP contribution is 2.36. The van der Waals surface area contributed by atoms with Crippen molar-refractivity contribution in [1.29, 1.82) is 0 Å². The van der Waals surface area contributed by atoms with E-state index in [4.69, 9.17) is 9.98 Å². The van der Waals surface area contributed by atoms with Gasteiger partial charge in [0.2, 0.25) is 0 Å². The molecule has 5 heteroatoms. The van der Waals surface area contributed by atoms with Gasteiger partial charge in [0, 0.05) is 47.8 Å². The van der Waals surface area contributed by atoms with Crippen molar-refractivity contribution in [2.75, 3.05) is 0 Å². The third kappa shape index (κ3) is 4.82. The minimum Gasteiger partial charge on any atom is -0.344 e. The highest BCUT2D eigenvalue weighted by Gasteiger charge is 2.22. The first-order chi connectivity index (χ1) is 24.8. The molecule has 10 rings (SSSR count). The van der Waals surface area contributed by atoms with Crippen LogP contribution in [0, 0.1) is 0 Å². The number of fused-ring (bicyclic) bond motifs is 6. The first kappa shape index (κ1) is 28.7. The molecule has 1 atom stereocenters. The van der Waals surface area contributed by atoms with Gasteiger partial charge in [0.15, 0.2) is 5.84 Å². The predicted octanol–water partition coefficient (Wildman–Crippen LogP) is 11.3. The molecule has 1 aliphatic rings. The van der Waals surface area contributed by atoms with Crippen molar-refractivity contribution >= 4 is 65.0 Å². The van der Waals surface area contributed by atoms with E-state index in [1.807, 2.05) is 17.4 Å². The van der Waals surface area contributed by atoms with Gasteiger partial charge in [-0.15, -0.1) is 11.3 Å². The quantitative estimate of drug-likeness (QED) is 0.196. The lowest BCUT2D eigenvalue weighted by Crippen LogP contribution is -2.33. The van der Waals surface area contributed by atoms with Crippen molar-refractivity contribution in [1.82, 2.24) is 9.88 Å². The van der Waals surface area contributed by atoms with Crippen LogP contribution in [0.2, 0.25) is 0 Å². The maximum Gasteiger partial charge on any atom is 0.159 e. The van der Waals surface area contributed by atoms with Gasteiger partial charge in [0.1, 0.15) is 12.0 Å². The van der Waals surface area contributed by atoms with Gasteiger partial charge in [0.25, 0.3) is 0 Å². The first-order valence-electron chi connectivity index (χ1n) is 16.9. The predicted molar refractivity (Wildman–Crippen MR) is 211 cm³/mol. The number of rotatable bonds is 5. The third-order valence-corrected chi connectivity index (χ3v) is 10.8. The summed E-state index contributed by atoms with van der Waals surface area (Å²) in [4.78, 5) is 10.3. The molecule has 9 aromatic rings. The lowest BCUT2D eigenvalue weighted by molar-refractivity contribution is 0.674. The summed E-state index contributed by atoms with van der Waals surface area (Å²) < 4.78 is 4.89. The minimum atomic E-state index is -0.265.